The molecule has 1 aliphatic rings. The second-order valence-electron chi connectivity index (χ2n) is 6.42. The lowest BCUT2D eigenvalue weighted by Gasteiger charge is -2.39. The van der Waals surface area contributed by atoms with E-state index >= 15 is 0 Å². The molecule has 1 fully saturated rings. The van der Waals surface area contributed by atoms with Crippen LogP contribution in [0, 0.1) is 19.7 Å². The molecule has 0 unspecified atom stereocenters. The van der Waals surface area contributed by atoms with Gasteiger partial charge in [-0.15, -0.1) is 0 Å². The molecule has 0 spiro atoms. The molecule has 1 saturated heterocycles. The molecule has 0 bridgehead atoms. The Hall–Kier alpha value is -2.47. The van der Waals surface area contributed by atoms with Gasteiger partial charge < -0.3 is 14.6 Å². The third-order valence-corrected chi connectivity index (χ3v) is 4.57. The van der Waals surface area contributed by atoms with Crippen molar-refractivity contribution in [2.75, 3.05) is 13.1 Å². The summed E-state index contributed by atoms with van der Waals surface area (Å²) in [7, 11) is 0. The first-order chi connectivity index (χ1) is 11.9. The molecule has 1 aliphatic heterocycles. The van der Waals surface area contributed by atoms with Crippen molar-refractivity contribution >= 4 is 11.7 Å². The lowest BCUT2D eigenvalue weighted by atomic mass is 10.0. The first-order valence-electron chi connectivity index (χ1n) is 8.23. The fraction of sp³-hybridized carbons (Fsp3) is 0.368. The van der Waals surface area contributed by atoms with E-state index in [2.05, 4.69) is 4.98 Å². The lowest BCUT2D eigenvalue weighted by molar-refractivity contribution is -0.0510. The number of rotatable bonds is 5. The number of likely N-dealkylation sites (tertiary alicyclic amines) is 1. The normalized spacial score (nSPS) is 14.5. The molecule has 2 heterocycles. The molecule has 5 nitrogen and oxygen atoms in total. The number of Topliss-reactive ketones (excluding diaryl/α,β-unsaturated/α-hetero) is 1. The third kappa shape index (κ3) is 3.35. The maximum Gasteiger partial charge on any atom is 0.256 e. The molecule has 6 heteroatoms. The number of H-pyrrole nitrogens is 1. The highest BCUT2D eigenvalue weighted by molar-refractivity contribution is 6.02. The van der Waals surface area contributed by atoms with E-state index in [4.69, 9.17) is 4.74 Å². The first-order valence-corrected chi connectivity index (χ1v) is 8.23. The zero-order chi connectivity index (χ0) is 18.1. The Labute approximate surface area is 145 Å². The van der Waals surface area contributed by atoms with Gasteiger partial charge in [0, 0.05) is 31.3 Å². The minimum atomic E-state index is -0.287. The van der Waals surface area contributed by atoms with Crippen molar-refractivity contribution < 1.29 is 18.7 Å². The Morgan fingerprint density at radius 2 is 1.96 bits per heavy atom. The fourth-order valence-electron chi connectivity index (χ4n) is 3.11. The van der Waals surface area contributed by atoms with Gasteiger partial charge in [0.15, 0.2) is 5.78 Å². The van der Waals surface area contributed by atoms with Crippen molar-refractivity contribution in [3.63, 3.8) is 0 Å². The second kappa shape index (κ2) is 6.80. The molecule has 0 aliphatic carbocycles. The standard InChI is InChI=1S/C19H21FN2O3/c1-11-17(12(2)21-18(11)13(3)23)19(24)22-8-15(9-22)25-10-14-6-4-5-7-16(14)20/h4-7,15,21H,8-10H2,1-3H3. The van der Waals surface area contributed by atoms with Crippen LogP contribution in [0.25, 0.3) is 0 Å². The van der Waals surface area contributed by atoms with Gasteiger partial charge in [0.25, 0.3) is 5.91 Å². The monoisotopic (exact) mass is 344 g/mol. The molecule has 1 N–H and O–H groups in total. The lowest BCUT2D eigenvalue weighted by Crippen LogP contribution is -2.54. The van der Waals surface area contributed by atoms with Gasteiger partial charge in [-0.3, -0.25) is 9.59 Å². The van der Waals surface area contributed by atoms with Gasteiger partial charge in [-0.1, -0.05) is 18.2 Å². The van der Waals surface area contributed by atoms with Crippen LogP contribution in [-0.4, -0.2) is 40.8 Å². The summed E-state index contributed by atoms with van der Waals surface area (Å²) in [6.45, 7) is 6.16. The van der Waals surface area contributed by atoms with Gasteiger partial charge in [0.05, 0.1) is 24.0 Å². The molecule has 0 radical (unpaired) electrons. The maximum absolute atomic E-state index is 13.6. The van der Waals surface area contributed by atoms with Crippen LogP contribution in [0.4, 0.5) is 4.39 Å². The van der Waals surface area contributed by atoms with Crippen LogP contribution in [0.5, 0.6) is 0 Å². The molecular weight excluding hydrogens is 323 g/mol. The molecule has 132 valence electrons. The quantitative estimate of drug-likeness (QED) is 0.848. The maximum atomic E-state index is 13.6. The summed E-state index contributed by atoms with van der Waals surface area (Å²) in [6, 6.07) is 6.49. The number of hydrogen-bond donors (Lipinski definition) is 1. The number of nitrogens with one attached hydrogen (secondary N) is 1. The van der Waals surface area contributed by atoms with E-state index in [1.807, 2.05) is 0 Å². The Morgan fingerprint density at radius 1 is 1.28 bits per heavy atom. The van der Waals surface area contributed by atoms with Crippen molar-refractivity contribution in [3.05, 3.63) is 58.2 Å². The average Bonchev–Trinajstić information content (AvgIpc) is 2.82. The van der Waals surface area contributed by atoms with Gasteiger partial charge >= 0.3 is 0 Å². The van der Waals surface area contributed by atoms with Crippen molar-refractivity contribution in [2.24, 2.45) is 0 Å². The number of aromatic nitrogens is 1. The number of carbonyl (C=O) groups is 2. The van der Waals surface area contributed by atoms with Crippen LogP contribution >= 0.6 is 0 Å². The van der Waals surface area contributed by atoms with Gasteiger partial charge in [-0.25, -0.2) is 4.39 Å². The molecule has 25 heavy (non-hydrogen) atoms. The zero-order valence-electron chi connectivity index (χ0n) is 14.6. The van der Waals surface area contributed by atoms with Crippen LogP contribution in [0.2, 0.25) is 0 Å². The number of aromatic amines is 1. The summed E-state index contributed by atoms with van der Waals surface area (Å²) in [5, 5.41) is 0. The molecule has 1 aromatic carbocycles. The molecule has 3 rings (SSSR count). The van der Waals surface area contributed by atoms with E-state index in [1.54, 1.807) is 36.9 Å². The first kappa shape index (κ1) is 17.4. The Balaban J connectivity index is 1.59. The molecule has 0 atom stereocenters. The number of halogens is 1. The van der Waals surface area contributed by atoms with Gasteiger partial charge in [0.2, 0.25) is 0 Å². The SMILES string of the molecule is CC(=O)c1[nH]c(C)c(C(=O)N2CC(OCc3ccccc3F)C2)c1C. The number of benzene rings is 1. The Kier molecular flexibility index (Phi) is 4.72. The highest BCUT2D eigenvalue weighted by Crippen LogP contribution is 2.24. The number of amides is 1. The Morgan fingerprint density at radius 3 is 2.56 bits per heavy atom. The minimum absolute atomic E-state index is 0.0886. The highest BCUT2D eigenvalue weighted by Gasteiger charge is 2.34. The van der Waals surface area contributed by atoms with Crippen molar-refractivity contribution in [1.82, 2.24) is 9.88 Å². The number of carbonyl (C=O) groups excluding carboxylic acids is 2. The van der Waals surface area contributed by atoms with E-state index in [-0.39, 0.29) is 30.2 Å². The fourth-order valence-corrected chi connectivity index (χ4v) is 3.11. The number of aryl methyl sites for hydroxylation is 1. The predicted molar refractivity (Wildman–Crippen MR) is 91.2 cm³/mol. The smallest absolute Gasteiger partial charge is 0.256 e. The summed E-state index contributed by atoms with van der Waals surface area (Å²) in [4.78, 5) is 28.9. The molecular formula is C19H21FN2O3. The highest BCUT2D eigenvalue weighted by atomic mass is 19.1. The van der Waals surface area contributed by atoms with Gasteiger partial charge in [0.1, 0.15) is 5.82 Å². The van der Waals surface area contributed by atoms with Gasteiger partial charge in [-0.2, -0.15) is 0 Å². The van der Waals surface area contributed by atoms with Crippen LogP contribution < -0.4 is 0 Å². The van der Waals surface area contributed by atoms with Crippen molar-refractivity contribution in [2.45, 2.75) is 33.5 Å². The van der Waals surface area contributed by atoms with Crippen molar-refractivity contribution in [3.8, 4) is 0 Å². The summed E-state index contributed by atoms with van der Waals surface area (Å²) in [6.07, 6.45) is -0.101. The van der Waals surface area contributed by atoms with E-state index in [0.717, 1.165) is 0 Å². The summed E-state index contributed by atoms with van der Waals surface area (Å²) >= 11 is 0. The average molecular weight is 344 g/mol. The summed E-state index contributed by atoms with van der Waals surface area (Å²) in [5.41, 5.74) is 2.93. The van der Waals surface area contributed by atoms with Gasteiger partial charge in [-0.05, 0) is 25.5 Å². The minimum Gasteiger partial charge on any atom is -0.370 e. The topological polar surface area (TPSA) is 62.4 Å². The predicted octanol–water partition coefficient (Wildman–Crippen LogP) is 3.01. The molecule has 1 aromatic heterocycles. The zero-order valence-corrected chi connectivity index (χ0v) is 14.6. The van der Waals surface area contributed by atoms with E-state index in [9.17, 15) is 14.0 Å². The van der Waals surface area contributed by atoms with Crippen LogP contribution in [0.3, 0.4) is 0 Å². The molecule has 1 amide bonds. The van der Waals surface area contributed by atoms with E-state index in [0.29, 0.717) is 41.2 Å². The van der Waals surface area contributed by atoms with Crippen LogP contribution in [0.1, 0.15) is 44.6 Å². The Bertz CT molecular complexity index is 822. The third-order valence-electron chi connectivity index (χ3n) is 4.57. The molecule has 0 saturated carbocycles. The number of ketones is 1. The summed E-state index contributed by atoms with van der Waals surface area (Å²) < 4.78 is 19.2. The van der Waals surface area contributed by atoms with Crippen LogP contribution in [0.15, 0.2) is 24.3 Å². The van der Waals surface area contributed by atoms with E-state index < -0.39 is 0 Å². The largest absolute Gasteiger partial charge is 0.370 e. The number of ether oxygens (including phenoxy) is 1. The number of hydrogen-bond acceptors (Lipinski definition) is 3. The van der Waals surface area contributed by atoms with Crippen LogP contribution in [-0.2, 0) is 11.3 Å². The van der Waals surface area contributed by atoms with E-state index in [1.165, 1.54) is 13.0 Å². The number of nitrogens with zero attached hydrogens (tertiary/aromatic N) is 1. The molecule has 2 aromatic rings. The summed E-state index contributed by atoms with van der Waals surface area (Å²) in [5.74, 6) is -0.482. The van der Waals surface area contributed by atoms with Crippen molar-refractivity contribution in [1.29, 1.82) is 0 Å². The second-order valence-corrected chi connectivity index (χ2v) is 6.42.